The highest BCUT2D eigenvalue weighted by molar-refractivity contribution is 5.94. The number of rotatable bonds is 18. The van der Waals surface area contributed by atoms with Gasteiger partial charge in [-0.15, -0.1) is 0 Å². The molecule has 40 heavy (non-hydrogen) atoms. The molecule has 14 heteroatoms. The van der Waals surface area contributed by atoms with Crippen LogP contribution in [0.25, 0.3) is 0 Å². The zero-order valence-electron chi connectivity index (χ0n) is 23.1. The number of carbonyl (C=O) groups is 4. The topological polar surface area (TPSA) is 261 Å². The summed E-state index contributed by atoms with van der Waals surface area (Å²) in [4.78, 5) is 54.7. The van der Waals surface area contributed by atoms with Crippen molar-refractivity contribution in [3.8, 4) is 5.75 Å². The van der Waals surface area contributed by atoms with Gasteiger partial charge in [-0.3, -0.25) is 19.4 Å². The molecule has 1 rings (SSSR count). The molecule has 13 N–H and O–H groups in total. The predicted molar refractivity (Wildman–Crippen MR) is 151 cm³/mol. The summed E-state index contributed by atoms with van der Waals surface area (Å²) in [6.45, 7) is 4.03. The number of phenolic OH excluding ortho intramolecular Hbond substituents is 1. The van der Waals surface area contributed by atoms with Crippen molar-refractivity contribution in [3.05, 3.63) is 29.8 Å². The van der Waals surface area contributed by atoms with Crippen LogP contribution in [0.4, 0.5) is 0 Å². The quantitative estimate of drug-likeness (QED) is 0.0574. The molecule has 0 aliphatic rings. The summed E-state index contributed by atoms with van der Waals surface area (Å²) in [5.41, 5.74) is 23.0. The van der Waals surface area contributed by atoms with E-state index in [9.17, 15) is 29.4 Å². The number of hydrogen-bond donors (Lipinski definition) is 9. The molecule has 0 aliphatic carbocycles. The van der Waals surface area contributed by atoms with Gasteiger partial charge in [0.25, 0.3) is 0 Å². The molecule has 1 aromatic rings. The smallest absolute Gasteiger partial charge is 0.326 e. The molecule has 14 nitrogen and oxygen atoms in total. The van der Waals surface area contributed by atoms with Gasteiger partial charge < -0.3 is 49.1 Å². The molecule has 4 unspecified atom stereocenters. The fourth-order valence-electron chi connectivity index (χ4n) is 3.83. The van der Waals surface area contributed by atoms with Crippen LogP contribution < -0.4 is 38.9 Å². The van der Waals surface area contributed by atoms with Gasteiger partial charge in [0.2, 0.25) is 17.7 Å². The number of benzene rings is 1. The normalized spacial score (nSPS) is 13.9. The third kappa shape index (κ3) is 12.8. The maximum absolute atomic E-state index is 13.3. The summed E-state index contributed by atoms with van der Waals surface area (Å²) < 4.78 is 0. The number of nitrogens with one attached hydrogen (secondary N) is 3. The molecular formula is C26H44N8O6. The fourth-order valence-corrected chi connectivity index (χ4v) is 3.83. The molecular weight excluding hydrogens is 520 g/mol. The molecule has 4 atom stereocenters. The molecule has 0 saturated heterocycles. The van der Waals surface area contributed by atoms with Crippen molar-refractivity contribution >= 4 is 29.7 Å². The second kappa shape index (κ2) is 17.6. The van der Waals surface area contributed by atoms with Crippen LogP contribution in [0.5, 0.6) is 5.75 Å². The Balaban J connectivity index is 2.97. The first-order valence-electron chi connectivity index (χ1n) is 13.3. The van der Waals surface area contributed by atoms with Crippen molar-refractivity contribution in [1.82, 2.24) is 16.0 Å². The number of aromatic hydroxyl groups is 1. The summed E-state index contributed by atoms with van der Waals surface area (Å²) in [5.74, 6) is -3.48. The lowest BCUT2D eigenvalue weighted by atomic mass is 10.00. The number of aliphatic imine (C=N–C) groups is 1. The van der Waals surface area contributed by atoms with Crippen molar-refractivity contribution < 1.29 is 29.4 Å². The van der Waals surface area contributed by atoms with Gasteiger partial charge in [0.15, 0.2) is 5.96 Å². The van der Waals surface area contributed by atoms with Crippen LogP contribution in [-0.4, -0.2) is 77.1 Å². The van der Waals surface area contributed by atoms with Crippen molar-refractivity contribution in [2.75, 3.05) is 13.1 Å². The number of carboxylic acid groups (broad SMARTS) is 1. The van der Waals surface area contributed by atoms with E-state index in [1.807, 2.05) is 0 Å². The summed E-state index contributed by atoms with van der Waals surface area (Å²) in [6.07, 6.45) is 1.88. The Morgan fingerprint density at radius 2 is 1.48 bits per heavy atom. The highest BCUT2D eigenvalue weighted by Gasteiger charge is 2.31. The number of unbranched alkanes of at least 4 members (excludes halogenated alkanes) is 1. The Hall–Kier alpha value is -3.91. The Bertz CT molecular complexity index is 997. The van der Waals surface area contributed by atoms with E-state index < -0.39 is 47.9 Å². The molecule has 0 aromatic heterocycles. The fraction of sp³-hybridized carbons (Fsp3) is 0.577. The minimum Gasteiger partial charge on any atom is -0.508 e. The largest absolute Gasteiger partial charge is 0.508 e. The molecule has 0 fully saturated rings. The van der Waals surface area contributed by atoms with E-state index in [1.165, 1.54) is 12.1 Å². The maximum atomic E-state index is 13.3. The van der Waals surface area contributed by atoms with Crippen LogP contribution in [0.3, 0.4) is 0 Å². The Morgan fingerprint density at radius 1 is 0.875 bits per heavy atom. The summed E-state index contributed by atoms with van der Waals surface area (Å²) in [6, 6.07) is 1.98. The van der Waals surface area contributed by atoms with Gasteiger partial charge in [-0.25, -0.2) is 4.79 Å². The molecule has 0 heterocycles. The molecule has 0 bridgehead atoms. The number of carboxylic acids is 1. The van der Waals surface area contributed by atoms with E-state index in [0.29, 0.717) is 25.8 Å². The maximum Gasteiger partial charge on any atom is 0.326 e. The van der Waals surface area contributed by atoms with E-state index in [-0.39, 0.29) is 43.4 Å². The van der Waals surface area contributed by atoms with Crippen molar-refractivity contribution in [3.63, 3.8) is 0 Å². The summed E-state index contributed by atoms with van der Waals surface area (Å²) >= 11 is 0. The summed E-state index contributed by atoms with van der Waals surface area (Å²) in [5, 5.41) is 26.7. The van der Waals surface area contributed by atoms with Gasteiger partial charge in [-0.1, -0.05) is 26.0 Å². The van der Waals surface area contributed by atoms with Crippen molar-refractivity contribution in [2.45, 2.75) is 76.5 Å². The zero-order valence-corrected chi connectivity index (χ0v) is 23.1. The first-order valence-corrected chi connectivity index (χ1v) is 13.3. The lowest BCUT2D eigenvalue weighted by molar-refractivity contribution is -0.142. The first kappa shape index (κ1) is 34.1. The number of aliphatic carboxylic acids is 1. The second-order valence-electron chi connectivity index (χ2n) is 9.90. The Morgan fingerprint density at radius 3 is 2.02 bits per heavy atom. The van der Waals surface area contributed by atoms with E-state index >= 15 is 0 Å². The van der Waals surface area contributed by atoms with Crippen molar-refractivity contribution in [2.24, 2.45) is 33.8 Å². The number of carbonyl (C=O) groups excluding carboxylic acids is 3. The third-order valence-electron chi connectivity index (χ3n) is 6.12. The van der Waals surface area contributed by atoms with Gasteiger partial charge in [0, 0.05) is 6.54 Å². The molecule has 1 aromatic carbocycles. The number of phenols is 1. The Labute approximate surface area is 234 Å². The SMILES string of the molecule is CC(C)C(NC(=O)C(N)Cc1ccc(O)cc1)C(=O)NC(CCCN=C(N)N)C(=O)NC(CCCCN)C(=O)O. The first-order chi connectivity index (χ1) is 18.8. The monoisotopic (exact) mass is 564 g/mol. The zero-order chi connectivity index (χ0) is 30.2. The molecule has 224 valence electrons. The minimum absolute atomic E-state index is 0.0837. The predicted octanol–water partition coefficient (Wildman–Crippen LogP) is -1.36. The van der Waals surface area contributed by atoms with E-state index in [0.717, 1.165) is 5.56 Å². The standard InChI is InChI=1S/C26H44N8O6/c1-15(2)21(34-22(36)18(28)14-16-8-10-17(35)11-9-16)24(38)32-19(7-5-13-31-26(29)30)23(37)33-20(25(39)40)6-3-4-12-27/h8-11,15,18-21,35H,3-7,12-14,27-28H2,1-2H3,(H,32,38)(H,33,37)(H,34,36)(H,39,40)(H4,29,30,31). The highest BCUT2D eigenvalue weighted by atomic mass is 16.4. The number of nitrogens with zero attached hydrogens (tertiary/aromatic N) is 1. The van der Waals surface area contributed by atoms with Gasteiger partial charge in [0.1, 0.15) is 23.9 Å². The molecule has 3 amide bonds. The minimum atomic E-state index is -1.20. The molecule has 0 spiro atoms. The van der Waals surface area contributed by atoms with Crippen LogP contribution in [0.1, 0.15) is 51.5 Å². The molecule has 0 saturated carbocycles. The number of hydrogen-bond acceptors (Lipinski definition) is 8. The van der Waals surface area contributed by atoms with Gasteiger partial charge in [0.05, 0.1) is 6.04 Å². The average Bonchev–Trinajstić information content (AvgIpc) is 2.88. The number of guanidine groups is 1. The van der Waals surface area contributed by atoms with Crippen molar-refractivity contribution in [1.29, 1.82) is 0 Å². The van der Waals surface area contributed by atoms with Gasteiger partial charge in [-0.05, 0) is 68.7 Å². The van der Waals surface area contributed by atoms with E-state index in [1.54, 1.807) is 26.0 Å². The number of amides is 3. The van der Waals surface area contributed by atoms with Gasteiger partial charge >= 0.3 is 5.97 Å². The number of nitrogens with two attached hydrogens (primary N) is 4. The lowest BCUT2D eigenvalue weighted by Crippen LogP contribution is -2.58. The van der Waals surface area contributed by atoms with Crippen LogP contribution in [0.2, 0.25) is 0 Å². The van der Waals surface area contributed by atoms with Crippen LogP contribution >= 0.6 is 0 Å². The van der Waals surface area contributed by atoms with E-state index in [4.69, 9.17) is 22.9 Å². The molecule has 0 radical (unpaired) electrons. The van der Waals surface area contributed by atoms with Gasteiger partial charge in [-0.2, -0.15) is 0 Å². The van der Waals surface area contributed by atoms with Crippen LogP contribution in [0, 0.1) is 5.92 Å². The average molecular weight is 565 g/mol. The molecule has 0 aliphatic heterocycles. The third-order valence-corrected chi connectivity index (χ3v) is 6.12. The Kier molecular flexibility index (Phi) is 15.0. The second-order valence-corrected chi connectivity index (χ2v) is 9.90. The van der Waals surface area contributed by atoms with E-state index in [2.05, 4.69) is 20.9 Å². The summed E-state index contributed by atoms with van der Waals surface area (Å²) in [7, 11) is 0. The lowest BCUT2D eigenvalue weighted by Gasteiger charge is -2.27. The van der Waals surface area contributed by atoms with Crippen LogP contribution in [0.15, 0.2) is 29.3 Å². The van der Waals surface area contributed by atoms with Crippen LogP contribution in [-0.2, 0) is 25.6 Å². The highest BCUT2D eigenvalue weighted by Crippen LogP contribution is 2.12.